The maximum atomic E-state index is 10.4. The van der Waals surface area contributed by atoms with Gasteiger partial charge < -0.3 is 10.0 Å². The quantitative estimate of drug-likeness (QED) is 0.773. The Kier molecular flexibility index (Phi) is 5.22. The van der Waals surface area contributed by atoms with Crippen molar-refractivity contribution in [1.82, 2.24) is 9.80 Å². The average Bonchev–Trinajstić information content (AvgIpc) is 2.31. The summed E-state index contributed by atoms with van der Waals surface area (Å²) in [6.45, 7) is 10.6. The van der Waals surface area contributed by atoms with E-state index in [-0.39, 0.29) is 0 Å². The predicted octanol–water partition coefficient (Wildman–Crippen LogP) is 1.56. The van der Waals surface area contributed by atoms with Crippen LogP contribution in [0.5, 0.6) is 0 Å². The lowest BCUT2D eigenvalue weighted by molar-refractivity contribution is -0.0233. The maximum Gasteiger partial charge on any atom is 0.0768 e. The largest absolute Gasteiger partial charge is 0.389 e. The molecule has 1 aliphatic rings. The van der Waals surface area contributed by atoms with Gasteiger partial charge in [-0.15, -0.1) is 0 Å². The number of β-amino-alcohol motifs (C(OH)–C–C–N with tert-alkyl or cyclic N) is 1. The summed E-state index contributed by atoms with van der Waals surface area (Å²) in [7, 11) is 2.21. The van der Waals surface area contributed by atoms with Gasteiger partial charge in [0.1, 0.15) is 0 Å². The van der Waals surface area contributed by atoms with E-state index >= 15 is 0 Å². The maximum absolute atomic E-state index is 10.4. The molecule has 16 heavy (non-hydrogen) atoms. The van der Waals surface area contributed by atoms with Crippen molar-refractivity contribution in [3.63, 3.8) is 0 Å². The number of aliphatic hydroxyl groups is 1. The van der Waals surface area contributed by atoms with Crippen molar-refractivity contribution >= 4 is 0 Å². The van der Waals surface area contributed by atoms with Crippen LogP contribution in [0.3, 0.4) is 0 Å². The smallest absolute Gasteiger partial charge is 0.0768 e. The first-order valence-electron chi connectivity index (χ1n) is 6.69. The van der Waals surface area contributed by atoms with Crippen molar-refractivity contribution in [2.45, 2.75) is 51.7 Å². The van der Waals surface area contributed by atoms with E-state index in [1.54, 1.807) is 0 Å². The first-order valence-corrected chi connectivity index (χ1v) is 6.69. The monoisotopic (exact) mass is 228 g/mol. The molecule has 0 aromatic rings. The van der Waals surface area contributed by atoms with Crippen LogP contribution in [0.2, 0.25) is 0 Å². The van der Waals surface area contributed by atoms with Crippen LogP contribution < -0.4 is 0 Å². The van der Waals surface area contributed by atoms with Gasteiger partial charge in [0, 0.05) is 32.2 Å². The number of rotatable bonds is 5. The third kappa shape index (κ3) is 3.44. The second-order valence-electron chi connectivity index (χ2n) is 5.21. The molecule has 0 amide bonds. The van der Waals surface area contributed by atoms with Gasteiger partial charge in [-0.1, -0.05) is 20.8 Å². The summed E-state index contributed by atoms with van der Waals surface area (Å²) < 4.78 is 0. The highest BCUT2D eigenvalue weighted by Crippen LogP contribution is 2.19. The Hall–Kier alpha value is -0.120. The molecule has 1 saturated heterocycles. The Morgan fingerprint density at radius 1 is 1.19 bits per heavy atom. The molecule has 1 rings (SSSR count). The summed E-state index contributed by atoms with van der Waals surface area (Å²) in [6.07, 6.45) is 2.91. The third-order valence-corrected chi connectivity index (χ3v) is 4.17. The molecule has 1 unspecified atom stereocenters. The van der Waals surface area contributed by atoms with Crippen molar-refractivity contribution in [3.8, 4) is 0 Å². The summed E-state index contributed by atoms with van der Waals surface area (Å²) >= 11 is 0. The molecule has 0 spiro atoms. The normalized spacial score (nSPS) is 24.9. The van der Waals surface area contributed by atoms with Gasteiger partial charge in [0.15, 0.2) is 0 Å². The lowest BCUT2D eigenvalue weighted by Gasteiger charge is -2.42. The Balaban J connectivity index is 2.49. The van der Waals surface area contributed by atoms with Crippen LogP contribution in [0, 0.1) is 0 Å². The van der Waals surface area contributed by atoms with Gasteiger partial charge in [-0.25, -0.2) is 0 Å². The molecule has 0 bridgehead atoms. The van der Waals surface area contributed by atoms with Gasteiger partial charge in [-0.2, -0.15) is 0 Å². The lowest BCUT2D eigenvalue weighted by atomic mass is 9.96. The number of hydrogen-bond acceptors (Lipinski definition) is 3. The molecule has 3 nitrogen and oxygen atoms in total. The SMILES string of the molecule is CCC1CN(CC(O)(CC)CC)CCN1C. The molecule has 96 valence electrons. The van der Waals surface area contributed by atoms with Gasteiger partial charge in [-0.05, 0) is 26.3 Å². The summed E-state index contributed by atoms with van der Waals surface area (Å²) in [5.74, 6) is 0. The van der Waals surface area contributed by atoms with Gasteiger partial charge in [0.05, 0.1) is 5.60 Å². The van der Waals surface area contributed by atoms with E-state index in [4.69, 9.17) is 0 Å². The average molecular weight is 228 g/mol. The number of likely N-dealkylation sites (N-methyl/N-ethyl adjacent to an activating group) is 1. The Labute approximate surface area is 100 Å². The topological polar surface area (TPSA) is 26.7 Å². The van der Waals surface area contributed by atoms with Crippen molar-refractivity contribution in [3.05, 3.63) is 0 Å². The van der Waals surface area contributed by atoms with Gasteiger partial charge in [-0.3, -0.25) is 4.90 Å². The molecule has 0 aromatic carbocycles. The molecule has 0 radical (unpaired) electrons. The van der Waals surface area contributed by atoms with Crippen LogP contribution >= 0.6 is 0 Å². The van der Waals surface area contributed by atoms with Gasteiger partial charge in [0.2, 0.25) is 0 Å². The minimum atomic E-state index is -0.478. The van der Waals surface area contributed by atoms with Crippen LogP contribution in [0.4, 0.5) is 0 Å². The van der Waals surface area contributed by atoms with Crippen LogP contribution in [0.15, 0.2) is 0 Å². The molecular formula is C13H28N2O. The van der Waals surface area contributed by atoms with Crippen LogP contribution in [-0.2, 0) is 0 Å². The van der Waals surface area contributed by atoms with Gasteiger partial charge >= 0.3 is 0 Å². The highest BCUT2D eigenvalue weighted by molar-refractivity contribution is 4.85. The molecule has 0 aromatic heterocycles. The number of hydrogen-bond donors (Lipinski definition) is 1. The molecular weight excluding hydrogens is 200 g/mol. The summed E-state index contributed by atoms with van der Waals surface area (Å²) in [6, 6.07) is 0.659. The summed E-state index contributed by atoms with van der Waals surface area (Å²) in [5.41, 5.74) is -0.478. The highest BCUT2D eigenvalue weighted by Gasteiger charge is 2.29. The molecule has 0 saturated carbocycles. The van der Waals surface area contributed by atoms with Crippen molar-refractivity contribution < 1.29 is 5.11 Å². The van der Waals surface area contributed by atoms with E-state index in [1.165, 1.54) is 6.42 Å². The van der Waals surface area contributed by atoms with E-state index < -0.39 is 5.60 Å². The molecule has 1 atom stereocenters. The van der Waals surface area contributed by atoms with E-state index in [2.05, 4.69) is 37.6 Å². The highest BCUT2D eigenvalue weighted by atomic mass is 16.3. The zero-order valence-corrected chi connectivity index (χ0v) is 11.4. The van der Waals surface area contributed by atoms with Crippen LogP contribution in [0.25, 0.3) is 0 Å². The van der Waals surface area contributed by atoms with Crippen molar-refractivity contribution in [2.75, 3.05) is 33.2 Å². The molecule has 3 heteroatoms. The zero-order chi connectivity index (χ0) is 12.2. The van der Waals surface area contributed by atoms with Crippen molar-refractivity contribution in [2.24, 2.45) is 0 Å². The Bertz CT molecular complexity index is 204. The fourth-order valence-electron chi connectivity index (χ4n) is 2.48. The predicted molar refractivity (Wildman–Crippen MR) is 68.7 cm³/mol. The van der Waals surface area contributed by atoms with Crippen LogP contribution in [0.1, 0.15) is 40.0 Å². The van der Waals surface area contributed by atoms with E-state index in [0.29, 0.717) is 6.04 Å². The molecule has 1 N–H and O–H groups in total. The molecule has 1 heterocycles. The second-order valence-corrected chi connectivity index (χ2v) is 5.21. The first-order chi connectivity index (χ1) is 7.54. The standard InChI is InChI=1S/C13H28N2O/c1-5-12-10-15(9-8-14(12)4)11-13(16,6-2)7-3/h12,16H,5-11H2,1-4H3. The molecule has 1 aliphatic heterocycles. The third-order valence-electron chi connectivity index (χ3n) is 4.17. The molecule has 1 fully saturated rings. The summed E-state index contributed by atoms with van der Waals surface area (Å²) in [5, 5.41) is 10.4. The first kappa shape index (κ1) is 13.9. The Morgan fingerprint density at radius 3 is 2.31 bits per heavy atom. The molecule has 0 aliphatic carbocycles. The fourth-order valence-corrected chi connectivity index (χ4v) is 2.48. The minimum Gasteiger partial charge on any atom is -0.389 e. The fraction of sp³-hybridized carbons (Fsp3) is 1.00. The van der Waals surface area contributed by atoms with Gasteiger partial charge in [0.25, 0.3) is 0 Å². The van der Waals surface area contributed by atoms with Crippen LogP contribution in [-0.4, -0.2) is 59.8 Å². The summed E-state index contributed by atoms with van der Waals surface area (Å²) in [4.78, 5) is 4.87. The second kappa shape index (κ2) is 5.99. The van der Waals surface area contributed by atoms with E-state index in [0.717, 1.165) is 39.0 Å². The minimum absolute atomic E-state index is 0.478. The van der Waals surface area contributed by atoms with E-state index in [1.807, 2.05) is 0 Å². The number of nitrogens with zero attached hydrogens (tertiary/aromatic N) is 2. The number of piperazine rings is 1. The Morgan fingerprint density at radius 2 is 1.81 bits per heavy atom. The lowest BCUT2D eigenvalue weighted by Crippen LogP contribution is -2.55. The van der Waals surface area contributed by atoms with E-state index in [9.17, 15) is 5.11 Å². The van der Waals surface area contributed by atoms with Crippen molar-refractivity contribution in [1.29, 1.82) is 0 Å². The zero-order valence-electron chi connectivity index (χ0n) is 11.4.